The van der Waals surface area contributed by atoms with E-state index in [-0.39, 0.29) is 23.5 Å². The molecule has 1 aliphatic carbocycles. The molecule has 0 radical (unpaired) electrons. The van der Waals surface area contributed by atoms with E-state index in [9.17, 15) is 4.79 Å². The van der Waals surface area contributed by atoms with Crippen LogP contribution in [-0.4, -0.2) is 37.1 Å². The van der Waals surface area contributed by atoms with Gasteiger partial charge in [-0.1, -0.05) is 54.6 Å². The van der Waals surface area contributed by atoms with E-state index in [0.29, 0.717) is 6.42 Å². The van der Waals surface area contributed by atoms with E-state index in [1.165, 1.54) is 11.1 Å². The van der Waals surface area contributed by atoms with Crippen molar-refractivity contribution in [3.8, 4) is 0 Å². The number of nitrogens with one attached hydrogen (secondary N) is 1. The molecule has 3 aromatic rings. The zero-order valence-corrected chi connectivity index (χ0v) is 19.4. The Morgan fingerprint density at radius 1 is 1.06 bits per heavy atom. The lowest BCUT2D eigenvalue weighted by Gasteiger charge is -2.44. The molecule has 5 heteroatoms. The summed E-state index contributed by atoms with van der Waals surface area (Å²) in [7, 11) is 1.78. The van der Waals surface area contributed by atoms with Gasteiger partial charge in [-0.25, -0.2) is 0 Å². The molecule has 172 valence electrons. The van der Waals surface area contributed by atoms with Crippen LogP contribution in [0, 0.1) is 6.92 Å². The first-order valence-corrected chi connectivity index (χ1v) is 11.8. The smallest absolute Gasteiger partial charge is 0.224 e. The van der Waals surface area contributed by atoms with E-state index in [2.05, 4.69) is 40.5 Å². The van der Waals surface area contributed by atoms with Crippen LogP contribution < -0.4 is 5.32 Å². The summed E-state index contributed by atoms with van der Waals surface area (Å²) in [5.74, 6) is 2.01. The van der Waals surface area contributed by atoms with Gasteiger partial charge in [-0.15, -0.1) is 0 Å². The molecule has 1 spiro atoms. The molecule has 2 heterocycles. The number of amides is 1. The van der Waals surface area contributed by atoms with E-state index in [1.54, 1.807) is 7.11 Å². The van der Waals surface area contributed by atoms with E-state index in [0.717, 1.165) is 49.6 Å². The van der Waals surface area contributed by atoms with Gasteiger partial charge in [0.15, 0.2) is 0 Å². The molecule has 5 rings (SSSR count). The maximum atomic E-state index is 13.0. The molecule has 0 unspecified atom stereocenters. The summed E-state index contributed by atoms with van der Waals surface area (Å²) in [6, 6.07) is 22.4. The Labute approximate surface area is 195 Å². The van der Waals surface area contributed by atoms with Crippen LogP contribution in [-0.2, 0) is 27.9 Å². The van der Waals surface area contributed by atoms with Crippen LogP contribution >= 0.6 is 0 Å². The van der Waals surface area contributed by atoms with Crippen LogP contribution in [0.4, 0.5) is 0 Å². The van der Waals surface area contributed by atoms with Crippen LogP contribution in [0.1, 0.15) is 47.1 Å². The minimum Gasteiger partial charge on any atom is -0.465 e. The lowest BCUT2D eigenvalue weighted by molar-refractivity contribution is -0.122. The number of piperidine rings is 1. The molecule has 1 saturated heterocycles. The number of furan rings is 1. The van der Waals surface area contributed by atoms with Crippen LogP contribution in [0.5, 0.6) is 0 Å². The summed E-state index contributed by atoms with van der Waals surface area (Å²) in [4.78, 5) is 15.4. The predicted octanol–water partition coefficient (Wildman–Crippen LogP) is 4.55. The van der Waals surface area contributed by atoms with Gasteiger partial charge in [-0.3, -0.25) is 9.69 Å². The molecule has 5 nitrogen and oxygen atoms in total. The fourth-order valence-electron chi connectivity index (χ4n) is 5.83. The number of carbonyl (C=O) groups excluding carboxylic acids is 1. The van der Waals surface area contributed by atoms with Crippen molar-refractivity contribution in [2.45, 2.75) is 50.3 Å². The highest BCUT2D eigenvalue weighted by atomic mass is 16.5. The second-order valence-corrected chi connectivity index (χ2v) is 9.40. The zero-order chi connectivity index (χ0) is 22.8. The molecule has 2 aromatic carbocycles. The molecule has 0 bridgehead atoms. The highest BCUT2D eigenvalue weighted by Gasteiger charge is 2.53. The number of fused-ring (bicyclic) bond motifs is 2. The first-order valence-electron chi connectivity index (χ1n) is 11.8. The Morgan fingerprint density at radius 2 is 1.79 bits per heavy atom. The second-order valence-electron chi connectivity index (χ2n) is 9.40. The highest BCUT2D eigenvalue weighted by Crippen LogP contribution is 2.52. The van der Waals surface area contributed by atoms with Crippen LogP contribution in [0.3, 0.4) is 0 Å². The van der Waals surface area contributed by atoms with Crippen molar-refractivity contribution in [1.82, 2.24) is 10.2 Å². The first-order chi connectivity index (χ1) is 16.1. The average molecular weight is 445 g/mol. The van der Waals surface area contributed by atoms with Gasteiger partial charge in [-0.05, 0) is 61.7 Å². The number of carbonyl (C=O) groups is 1. The van der Waals surface area contributed by atoms with Gasteiger partial charge in [0.25, 0.3) is 0 Å². The van der Waals surface area contributed by atoms with Gasteiger partial charge in [0, 0.05) is 12.5 Å². The molecule has 1 amide bonds. The minimum absolute atomic E-state index is 0.0331. The first kappa shape index (κ1) is 21.9. The lowest BCUT2D eigenvalue weighted by atomic mass is 9.72. The molecular formula is C28H32N2O3. The maximum absolute atomic E-state index is 13.0. The summed E-state index contributed by atoms with van der Waals surface area (Å²) < 4.78 is 12.0. The number of aryl methyl sites for hydroxylation is 1. The molecule has 2 atom stereocenters. The van der Waals surface area contributed by atoms with Crippen LogP contribution in [0.2, 0.25) is 0 Å². The molecule has 1 fully saturated rings. The summed E-state index contributed by atoms with van der Waals surface area (Å²) in [6.45, 7) is 4.76. The predicted molar refractivity (Wildman–Crippen MR) is 128 cm³/mol. The number of likely N-dealkylation sites (tertiary alicyclic amines) is 1. The summed E-state index contributed by atoms with van der Waals surface area (Å²) >= 11 is 0. The Kier molecular flexibility index (Phi) is 6.09. The summed E-state index contributed by atoms with van der Waals surface area (Å²) in [5, 5.41) is 3.32. The summed E-state index contributed by atoms with van der Waals surface area (Å²) in [6.07, 6.45) is 2.28. The Hall–Kier alpha value is -2.89. The highest BCUT2D eigenvalue weighted by molar-refractivity contribution is 5.79. The lowest BCUT2D eigenvalue weighted by Crippen LogP contribution is -2.50. The third-order valence-corrected chi connectivity index (χ3v) is 7.38. The molecule has 1 N–H and O–H groups in total. The number of methoxy groups -OCH3 is 1. The van der Waals surface area contributed by atoms with Gasteiger partial charge >= 0.3 is 0 Å². The third-order valence-electron chi connectivity index (χ3n) is 7.38. The van der Waals surface area contributed by atoms with Gasteiger partial charge in [-0.2, -0.15) is 0 Å². The molecule has 2 aliphatic rings. The normalized spacial score (nSPS) is 21.8. The number of hydrogen-bond donors (Lipinski definition) is 1. The molecule has 1 aliphatic heterocycles. The number of hydrogen-bond acceptors (Lipinski definition) is 4. The van der Waals surface area contributed by atoms with E-state index in [4.69, 9.17) is 9.15 Å². The average Bonchev–Trinajstić information content (AvgIpc) is 3.35. The standard InChI is InChI=1S/C28H32N2O3/c1-20-12-13-22(33-20)19-30-16-14-28(15-17-30)24-11-7-6-10-23(24)26(27(28)32-2)29-25(31)18-21-8-4-3-5-9-21/h3-13,26-27H,14-19H2,1-2H3,(H,29,31)/t26-,27+/m1/s1. The fraction of sp³-hybridized carbons (Fsp3) is 0.393. The van der Waals surface area contributed by atoms with E-state index >= 15 is 0 Å². The van der Waals surface area contributed by atoms with Gasteiger partial charge in [0.2, 0.25) is 5.91 Å². The Morgan fingerprint density at radius 3 is 2.48 bits per heavy atom. The number of rotatable bonds is 6. The van der Waals surface area contributed by atoms with Crippen molar-refractivity contribution in [2.24, 2.45) is 0 Å². The van der Waals surface area contributed by atoms with Crippen LogP contribution in [0.15, 0.2) is 71.1 Å². The van der Waals surface area contributed by atoms with Crippen molar-refractivity contribution < 1.29 is 13.9 Å². The zero-order valence-electron chi connectivity index (χ0n) is 19.4. The van der Waals surface area contributed by atoms with Crippen molar-refractivity contribution in [3.63, 3.8) is 0 Å². The third kappa shape index (κ3) is 4.23. The Bertz CT molecular complexity index is 1100. The van der Waals surface area contributed by atoms with Crippen molar-refractivity contribution in [2.75, 3.05) is 20.2 Å². The SMILES string of the molecule is CO[C@H]1[C@H](NC(=O)Cc2ccccc2)c2ccccc2C12CCN(Cc1ccc(C)o1)CC2. The number of nitrogens with zero attached hydrogens (tertiary/aromatic N) is 1. The van der Waals surface area contributed by atoms with Gasteiger partial charge in [0.05, 0.1) is 25.1 Å². The van der Waals surface area contributed by atoms with Gasteiger partial charge < -0.3 is 14.5 Å². The van der Waals surface area contributed by atoms with Crippen molar-refractivity contribution in [3.05, 3.63) is 94.9 Å². The molecular weight excluding hydrogens is 412 g/mol. The fourth-order valence-corrected chi connectivity index (χ4v) is 5.83. The van der Waals surface area contributed by atoms with Crippen molar-refractivity contribution in [1.29, 1.82) is 0 Å². The Balaban J connectivity index is 1.34. The quantitative estimate of drug-likeness (QED) is 0.606. The summed E-state index contributed by atoms with van der Waals surface area (Å²) in [5.41, 5.74) is 3.45. The maximum Gasteiger partial charge on any atom is 0.224 e. The van der Waals surface area contributed by atoms with Gasteiger partial charge in [0.1, 0.15) is 11.5 Å². The largest absolute Gasteiger partial charge is 0.465 e. The topological polar surface area (TPSA) is 54.7 Å². The number of ether oxygens (including phenoxy) is 1. The molecule has 33 heavy (non-hydrogen) atoms. The second kappa shape index (κ2) is 9.16. The monoisotopic (exact) mass is 444 g/mol. The van der Waals surface area contributed by atoms with E-state index < -0.39 is 0 Å². The molecule has 0 saturated carbocycles. The van der Waals surface area contributed by atoms with E-state index in [1.807, 2.05) is 43.3 Å². The minimum atomic E-state index is -0.137. The molecule has 1 aromatic heterocycles. The van der Waals surface area contributed by atoms with Crippen LogP contribution in [0.25, 0.3) is 0 Å². The van der Waals surface area contributed by atoms with Crippen molar-refractivity contribution >= 4 is 5.91 Å². The number of benzene rings is 2.